The van der Waals surface area contributed by atoms with Crippen LogP contribution in [0.4, 0.5) is 0 Å². The first-order valence-corrected chi connectivity index (χ1v) is 9.25. The van der Waals surface area contributed by atoms with Crippen LogP contribution in [0, 0.1) is 0 Å². The average molecular weight is 375 g/mol. The van der Waals surface area contributed by atoms with Gasteiger partial charge in [-0.3, -0.25) is 4.99 Å². The van der Waals surface area contributed by atoms with Crippen molar-refractivity contribution in [3.05, 3.63) is 58.9 Å². The van der Waals surface area contributed by atoms with Crippen molar-refractivity contribution in [2.75, 3.05) is 20.1 Å². The molecule has 140 valence electrons. The van der Waals surface area contributed by atoms with Crippen molar-refractivity contribution >= 4 is 17.6 Å². The summed E-state index contributed by atoms with van der Waals surface area (Å²) >= 11 is 5.79. The van der Waals surface area contributed by atoms with E-state index >= 15 is 0 Å². The van der Waals surface area contributed by atoms with Crippen molar-refractivity contribution < 1.29 is 4.74 Å². The number of guanidine groups is 1. The minimum atomic E-state index is 0.195. The zero-order valence-electron chi connectivity index (χ0n) is 15.6. The minimum Gasteiger partial charge on any atom is -0.491 e. The normalized spacial score (nSPS) is 11.5. The Bertz CT molecular complexity index is 684. The number of nitrogens with one attached hydrogen (secondary N) is 2. The molecule has 2 rings (SSSR count). The summed E-state index contributed by atoms with van der Waals surface area (Å²) in [4.78, 5) is 8.33. The van der Waals surface area contributed by atoms with Crippen molar-refractivity contribution in [3.63, 3.8) is 0 Å². The number of rotatable bonds is 8. The molecule has 0 amide bonds. The second-order valence-electron chi connectivity index (χ2n) is 6.23. The Morgan fingerprint density at radius 1 is 1.04 bits per heavy atom. The molecule has 2 N–H and O–H groups in total. The van der Waals surface area contributed by atoms with Gasteiger partial charge in [-0.1, -0.05) is 29.8 Å². The molecule has 0 fully saturated rings. The summed E-state index contributed by atoms with van der Waals surface area (Å²) in [5.74, 6) is 1.71. The molecule has 0 aliphatic rings. The summed E-state index contributed by atoms with van der Waals surface area (Å²) < 4.78 is 5.66. The van der Waals surface area contributed by atoms with Crippen molar-refractivity contribution in [2.24, 2.45) is 4.99 Å². The van der Waals surface area contributed by atoms with E-state index in [1.807, 2.05) is 32.0 Å². The molecule has 2 aromatic rings. The van der Waals surface area contributed by atoms with Crippen LogP contribution in [-0.4, -0.2) is 37.2 Å². The Balaban J connectivity index is 1.69. The van der Waals surface area contributed by atoms with E-state index in [2.05, 4.69) is 32.7 Å². The topological polar surface area (TPSA) is 58.5 Å². The molecule has 1 aromatic heterocycles. The fourth-order valence-electron chi connectivity index (χ4n) is 2.43. The van der Waals surface area contributed by atoms with Gasteiger partial charge in [-0.15, -0.1) is 0 Å². The Morgan fingerprint density at radius 3 is 2.19 bits per heavy atom. The number of aromatic nitrogens is 1. The second kappa shape index (κ2) is 10.7. The van der Waals surface area contributed by atoms with E-state index in [0.717, 1.165) is 43.2 Å². The highest BCUT2D eigenvalue weighted by molar-refractivity contribution is 6.29. The van der Waals surface area contributed by atoms with E-state index < -0.39 is 0 Å². The van der Waals surface area contributed by atoms with Gasteiger partial charge in [0.2, 0.25) is 0 Å². The Hall–Kier alpha value is -2.27. The molecule has 5 nitrogen and oxygen atoms in total. The number of halogens is 1. The van der Waals surface area contributed by atoms with Crippen LogP contribution in [0.25, 0.3) is 0 Å². The molecule has 0 saturated heterocycles. The van der Waals surface area contributed by atoms with Crippen LogP contribution in [-0.2, 0) is 12.8 Å². The van der Waals surface area contributed by atoms with Gasteiger partial charge >= 0.3 is 0 Å². The number of benzene rings is 1. The maximum absolute atomic E-state index is 5.79. The molecule has 0 radical (unpaired) electrons. The highest BCUT2D eigenvalue weighted by atomic mass is 35.5. The lowest BCUT2D eigenvalue weighted by Crippen LogP contribution is -2.39. The molecule has 1 aromatic carbocycles. The average Bonchev–Trinajstić information content (AvgIpc) is 2.63. The van der Waals surface area contributed by atoms with E-state index in [1.165, 1.54) is 5.56 Å². The molecular weight excluding hydrogens is 348 g/mol. The van der Waals surface area contributed by atoms with Gasteiger partial charge in [0.1, 0.15) is 10.9 Å². The number of pyridine rings is 1. The van der Waals surface area contributed by atoms with Crippen LogP contribution >= 0.6 is 11.6 Å². The van der Waals surface area contributed by atoms with Gasteiger partial charge in [0.05, 0.1) is 6.10 Å². The largest absolute Gasteiger partial charge is 0.491 e. The zero-order chi connectivity index (χ0) is 18.8. The van der Waals surface area contributed by atoms with Crippen LogP contribution < -0.4 is 15.4 Å². The molecule has 0 bridgehead atoms. The maximum Gasteiger partial charge on any atom is 0.190 e. The fraction of sp³-hybridized carbons (Fsp3) is 0.400. The number of aliphatic imine (C=N–C) groups is 1. The number of ether oxygens (including phenoxy) is 1. The Labute approximate surface area is 160 Å². The predicted molar refractivity (Wildman–Crippen MR) is 108 cm³/mol. The molecule has 0 atom stereocenters. The lowest BCUT2D eigenvalue weighted by molar-refractivity contribution is 0.242. The van der Waals surface area contributed by atoms with Gasteiger partial charge in [0, 0.05) is 26.3 Å². The molecule has 0 aliphatic heterocycles. The Morgan fingerprint density at radius 2 is 1.65 bits per heavy atom. The van der Waals surface area contributed by atoms with Gasteiger partial charge in [-0.25, -0.2) is 4.98 Å². The van der Waals surface area contributed by atoms with E-state index in [1.54, 1.807) is 19.3 Å². The number of hydrogen-bond donors (Lipinski definition) is 2. The highest BCUT2D eigenvalue weighted by Gasteiger charge is 2.01. The molecule has 1 heterocycles. The van der Waals surface area contributed by atoms with Crippen molar-refractivity contribution in [1.82, 2.24) is 15.6 Å². The maximum atomic E-state index is 5.79. The lowest BCUT2D eigenvalue weighted by Gasteiger charge is -2.12. The van der Waals surface area contributed by atoms with Gasteiger partial charge in [-0.05, 0) is 56.0 Å². The van der Waals surface area contributed by atoms with Crippen LogP contribution in [0.2, 0.25) is 5.15 Å². The zero-order valence-corrected chi connectivity index (χ0v) is 16.4. The van der Waals surface area contributed by atoms with Crippen LogP contribution in [0.5, 0.6) is 5.75 Å². The number of hydrogen-bond acceptors (Lipinski definition) is 3. The van der Waals surface area contributed by atoms with Crippen LogP contribution in [0.1, 0.15) is 25.0 Å². The van der Waals surface area contributed by atoms with Gasteiger partial charge in [-0.2, -0.15) is 0 Å². The summed E-state index contributed by atoms with van der Waals surface area (Å²) in [6, 6.07) is 12.0. The Kier molecular flexibility index (Phi) is 8.22. The van der Waals surface area contributed by atoms with E-state index in [9.17, 15) is 0 Å². The summed E-state index contributed by atoms with van der Waals surface area (Å²) in [6.07, 6.45) is 3.78. The first kappa shape index (κ1) is 20.0. The van der Waals surface area contributed by atoms with Crippen LogP contribution in [0.3, 0.4) is 0 Å². The molecule has 0 aliphatic carbocycles. The molecule has 6 heteroatoms. The third kappa shape index (κ3) is 7.31. The smallest absolute Gasteiger partial charge is 0.190 e. The minimum absolute atomic E-state index is 0.195. The fourth-order valence-corrected chi connectivity index (χ4v) is 2.54. The standard InChI is InChI=1S/C20H27ClN4O/c1-15(2)26-18-7-4-16(5-8-18)10-12-23-20(22-3)24-13-11-17-6-9-19(21)25-14-17/h4-9,14-15H,10-13H2,1-3H3,(H2,22,23,24). The van der Waals surface area contributed by atoms with E-state index in [0.29, 0.717) is 5.15 Å². The molecule has 0 unspecified atom stereocenters. The number of nitrogens with zero attached hydrogens (tertiary/aromatic N) is 2. The first-order chi connectivity index (χ1) is 12.6. The quantitative estimate of drug-likeness (QED) is 0.422. The second-order valence-corrected chi connectivity index (χ2v) is 6.61. The summed E-state index contributed by atoms with van der Waals surface area (Å²) in [5, 5.41) is 7.16. The molecule has 0 spiro atoms. The third-order valence-corrected chi connectivity index (χ3v) is 3.94. The lowest BCUT2D eigenvalue weighted by atomic mass is 10.1. The monoisotopic (exact) mass is 374 g/mol. The van der Waals surface area contributed by atoms with Crippen molar-refractivity contribution in [2.45, 2.75) is 32.8 Å². The predicted octanol–water partition coefficient (Wildman–Crippen LogP) is 3.47. The molecule has 0 saturated carbocycles. The molecule has 26 heavy (non-hydrogen) atoms. The molecular formula is C20H27ClN4O. The summed E-state index contributed by atoms with van der Waals surface area (Å²) in [6.45, 7) is 5.65. The van der Waals surface area contributed by atoms with Crippen molar-refractivity contribution in [1.29, 1.82) is 0 Å². The van der Waals surface area contributed by atoms with Gasteiger partial charge in [0.25, 0.3) is 0 Å². The SMILES string of the molecule is CN=C(NCCc1ccc(OC(C)C)cc1)NCCc1ccc(Cl)nc1. The van der Waals surface area contributed by atoms with Crippen molar-refractivity contribution in [3.8, 4) is 5.75 Å². The third-order valence-electron chi connectivity index (χ3n) is 3.72. The first-order valence-electron chi connectivity index (χ1n) is 8.87. The van der Waals surface area contributed by atoms with Crippen LogP contribution in [0.15, 0.2) is 47.6 Å². The van der Waals surface area contributed by atoms with Gasteiger partial charge < -0.3 is 15.4 Å². The van der Waals surface area contributed by atoms with Gasteiger partial charge in [0.15, 0.2) is 5.96 Å². The summed E-state index contributed by atoms with van der Waals surface area (Å²) in [7, 11) is 1.78. The van der Waals surface area contributed by atoms with E-state index in [-0.39, 0.29) is 6.10 Å². The van der Waals surface area contributed by atoms with E-state index in [4.69, 9.17) is 16.3 Å². The summed E-state index contributed by atoms with van der Waals surface area (Å²) in [5.41, 5.74) is 2.40. The highest BCUT2D eigenvalue weighted by Crippen LogP contribution is 2.13.